The minimum atomic E-state index is 0.607. The largest absolute Gasteiger partial charge is 0.493 e. The number of aryl methyl sites for hydroxylation is 1. The summed E-state index contributed by atoms with van der Waals surface area (Å²) in [6.45, 7) is 2.27. The summed E-state index contributed by atoms with van der Waals surface area (Å²) >= 11 is 5.46. The van der Waals surface area contributed by atoms with E-state index < -0.39 is 0 Å². The maximum Gasteiger partial charge on any atom is 0.199 e. The lowest BCUT2D eigenvalue weighted by Gasteiger charge is -2.11. The first-order valence-corrected chi connectivity index (χ1v) is 11.5. The highest BCUT2D eigenvalue weighted by Gasteiger charge is 2.11. The summed E-state index contributed by atoms with van der Waals surface area (Å²) in [5.74, 6) is 2.37. The predicted molar refractivity (Wildman–Crippen MR) is 122 cm³/mol. The van der Waals surface area contributed by atoms with Crippen molar-refractivity contribution < 1.29 is 9.47 Å². The first-order chi connectivity index (χ1) is 14.2. The second kappa shape index (κ2) is 13.4. The van der Waals surface area contributed by atoms with Crippen LogP contribution in [0, 0.1) is 4.77 Å². The van der Waals surface area contributed by atoms with Crippen LogP contribution in [0.5, 0.6) is 11.5 Å². The summed E-state index contributed by atoms with van der Waals surface area (Å²) in [5.41, 5.74) is 0.944. The SMILES string of the molecule is CCCCCCCCCCCCCc1n[nH]c(=S)n1-c1ccc(OC)c(OC)c1. The minimum Gasteiger partial charge on any atom is -0.493 e. The number of hydrogen-bond acceptors (Lipinski definition) is 4. The molecule has 1 heterocycles. The zero-order valence-corrected chi connectivity index (χ0v) is 19.2. The van der Waals surface area contributed by atoms with E-state index in [0.717, 1.165) is 24.4 Å². The summed E-state index contributed by atoms with van der Waals surface area (Å²) in [6.07, 6.45) is 15.6. The van der Waals surface area contributed by atoms with Crippen molar-refractivity contribution in [3.8, 4) is 17.2 Å². The van der Waals surface area contributed by atoms with Crippen molar-refractivity contribution in [2.45, 2.75) is 84.0 Å². The lowest BCUT2D eigenvalue weighted by Crippen LogP contribution is -2.03. The first-order valence-electron chi connectivity index (χ1n) is 11.1. The van der Waals surface area contributed by atoms with Crippen LogP contribution < -0.4 is 9.47 Å². The molecule has 0 bridgehead atoms. The Labute approximate surface area is 180 Å². The van der Waals surface area contributed by atoms with Crippen LogP contribution in [0.25, 0.3) is 5.69 Å². The quantitative estimate of drug-likeness (QED) is 0.255. The van der Waals surface area contributed by atoms with Crippen molar-refractivity contribution >= 4 is 12.2 Å². The number of benzene rings is 1. The van der Waals surface area contributed by atoms with E-state index in [1.165, 1.54) is 64.2 Å². The molecule has 2 aromatic rings. The second-order valence-corrected chi connectivity index (χ2v) is 7.99. The highest BCUT2D eigenvalue weighted by molar-refractivity contribution is 7.71. The summed E-state index contributed by atoms with van der Waals surface area (Å²) < 4.78 is 13.4. The monoisotopic (exact) mass is 419 g/mol. The molecule has 0 aliphatic heterocycles. The standard InChI is InChI=1S/C23H37N3O2S/c1-4-5-6-7-8-9-10-11-12-13-14-15-22-24-25-23(29)26(22)19-16-17-20(27-2)21(18-19)28-3/h16-18H,4-15H2,1-3H3,(H,25,29). The second-order valence-electron chi connectivity index (χ2n) is 7.61. The molecule has 0 atom stereocenters. The Hall–Kier alpha value is -1.82. The first kappa shape index (κ1) is 23.5. The van der Waals surface area contributed by atoms with Gasteiger partial charge in [0.15, 0.2) is 16.3 Å². The van der Waals surface area contributed by atoms with Gasteiger partial charge in [-0.05, 0) is 30.8 Å². The number of unbranched alkanes of at least 4 members (excludes halogenated alkanes) is 10. The Morgan fingerprint density at radius 2 is 1.45 bits per heavy atom. The van der Waals surface area contributed by atoms with E-state index in [1.807, 2.05) is 22.8 Å². The lowest BCUT2D eigenvalue weighted by molar-refractivity contribution is 0.355. The fourth-order valence-electron chi connectivity index (χ4n) is 3.67. The van der Waals surface area contributed by atoms with Gasteiger partial charge in [-0.3, -0.25) is 9.67 Å². The molecule has 0 radical (unpaired) electrons. The third kappa shape index (κ3) is 7.50. The molecular weight excluding hydrogens is 382 g/mol. The van der Waals surface area contributed by atoms with Crippen molar-refractivity contribution in [3.05, 3.63) is 28.8 Å². The van der Waals surface area contributed by atoms with Crippen LogP contribution in [-0.4, -0.2) is 29.0 Å². The van der Waals surface area contributed by atoms with Crippen LogP contribution in [0.1, 0.15) is 83.4 Å². The fourth-order valence-corrected chi connectivity index (χ4v) is 3.93. The molecule has 0 saturated heterocycles. The van der Waals surface area contributed by atoms with E-state index in [-0.39, 0.29) is 0 Å². The normalized spacial score (nSPS) is 11.0. The van der Waals surface area contributed by atoms with E-state index >= 15 is 0 Å². The van der Waals surface area contributed by atoms with Gasteiger partial charge in [-0.2, -0.15) is 5.10 Å². The summed E-state index contributed by atoms with van der Waals surface area (Å²) in [5, 5.41) is 7.38. The average Bonchev–Trinajstić information content (AvgIpc) is 3.11. The van der Waals surface area contributed by atoms with Crippen molar-refractivity contribution in [1.82, 2.24) is 14.8 Å². The lowest BCUT2D eigenvalue weighted by atomic mass is 10.1. The smallest absolute Gasteiger partial charge is 0.199 e. The molecule has 0 saturated carbocycles. The van der Waals surface area contributed by atoms with E-state index in [2.05, 4.69) is 17.1 Å². The van der Waals surface area contributed by atoms with Gasteiger partial charge in [-0.25, -0.2) is 0 Å². The van der Waals surface area contributed by atoms with Crippen LogP contribution in [-0.2, 0) is 6.42 Å². The van der Waals surface area contributed by atoms with Gasteiger partial charge < -0.3 is 9.47 Å². The maximum absolute atomic E-state index is 5.46. The summed E-state index contributed by atoms with van der Waals surface area (Å²) in [7, 11) is 3.28. The van der Waals surface area contributed by atoms with Crippen LogP contribution >= 0.6 is 12.2 Å². The summed E-state index contributed by atoms with van der Waals surface area (Å²) in [6, 6.07) is 5.82. The van der Waals surface area contributed by atoms with Crippen molar-refractivity contribution in [1.29, 1.82) is 0 Å². The number of aromatic amines is 1. The average molecular weight is 420 g/mol. The Morgan fingerprint density at radius 1 is 0.862 bits per heavy atom. The van der Waals surface area contributed by atoms with Crippen molar-refractivity contribution in [2.24, 2.45) is 0 Å². The number of rotatable bonds is 15. The number of ether oxygens (including phenoxy) is 2. The fraction of sp³-hybridized carbons (Fsp3) is 0.652. The van der Waals surface area contributed by atoms with Crippen LogP contribution in [0.4, 0.5) is 0 Å². The van der Waals surface area contributed by atoms with E-state index in [9.17, 15) is 0 Å². The van der Waals surface area contributed by atoms with Crippen molar-refractivity contribution in [3.63, 3.8) is 0 Å². The Kier molecular flexibility index (Phi) is 10.8. The van der Waals surface area contributed by atoms with Crippen LogP contribution in [0.3, 0.4) is 0 Å². The minimum absolute atomic E-state index is 0.607. The highest BCUT2D eigenvalue weighted by Crippen LogP contribution is 2.29. The molecule has 162 valence electrons. The third-order valence-electron chi connectivity index (χ3n) is 5.37. The molecule has 1 N–H and O–H groups in total. The zero-order valence-electron chi connectivity index (χ0n) is 18.3. The van der Waals surface area contributed by atoms with Gasteiger partial charge in [0.05, 0.1) is 19.9 Å². The molecule has 0 aliphatic rings. The summed E-state index contributed by atoms with van der Waals surface area (Å²) in [4.78, 5) is 0. The molecule has 1 aromatic heterocycles. The van der Waals surface area contributed by atoms with Crippen LogP contribution in [0.15, 0.2) is 18.2 Å². The van der Waals surface area contributed by atoms with Gasteiger partial charge in [0, 0.05) is 12.5 Å². The Balaban J connectivity index is 1.77. The number of aromatic nitrogens is 3. The molecule has 0 spiro atoms. The molecular formula is C23H37N3O2S. The number of methoxy groups -OCH3 is 2. The van der Waals surface area contributed by atoms with Gasteiger partial charge in [0.25, 0.3) is 0 Å². The van der Waals surface area contributed by atoms with Crippen molar-refractivity contribution in [2.75, 3.05) is 14.2 Å². The topological polar surface area (TPSA) is 52.1 Å². The van der Waals surface area contributed by atoms with Gasteiger partial charge in [0.1, 0.15) is 5.82 Å². The highest BCUT2D eigenvalue weighted by atomic mass is 32.1. The van der Waals surface area contributed by atoms with Gasteiger partial charge in [-0.15, -0.1) is 0 Å². The Bertz CT molecular complexity index is 770. The Morgan fingerprint density at radius 3 is 2.03 bits per heavy atom. The van der Waals surface area contributed by atoms with Gasteiger partial charge in [0.2, 0.25) is 0 Å². The third-order valence-corrected chi connectivity index (χ3v) is 5.64. The number of H-pyrrole nitrogens is 1. The molecule has 0 aliphatic carbocycles. The van der Waals surface area contributed by atoms with E-state index in [0.29, 0.717) is 16.3 Å². The zero-order chi connectivity index (χ0) is 20.9. The predicted octanol–water partition coefficient (Wildman–Crippen LogP) is 6.80. The number of nitrogens with one attached hydrogen (secondary N) is 1. The maximum atomic E-state index is 5.46. The number of hydrogen-bond donors (Lipinski definition) is 1. The molecule has 1 aromatic carbocycles. The molecule has 2 rings (SSSR count). The van der Waals surface area contributed by atoms with Crippen LogP contribution in [0.2, 0.25) is 0 Å². The number of nitrogens with zero attached hydrogens (tertiary/aromatic N) is 2. The molecule has 5 nitrogen and oxygen atoms in total. The van der Waals surface area contributed by atoms with E-state index in [4.69, 9.17) is 21.7 Å². The van der Waals surface area contributed by atoms with E-state index in [1.54, 1.807) is 14.2 Å². The van der Waals surface area contributed by atoms with Gasteiger partial charge >= 0.3 is 0 Å². The molecule has 0 unspecified atom stereocenters. The molecule has 6 heteroatoms. The molecule has 29 heavy (non-hydrogen) atoms. The van der Waals surface area contributed by atoms with Gasteiger partial charge in [-0.1, -0.05) is 71.1 Å². The molecule has 0 amide bonds. The molecule has 0 fully saturated rings.